The summed E-state index contributed by atoms with van der Waals surface area (Å²) in [5.74, 6) is 0. The molecule has 0 amide bonds. The number of aryl methyl sites for hydroxylation is 1. The summed E-state index contributed by atoms with van der Waals surface area (Å²) in [4.78, 5) is 8.13. The van der Waals surface area contributed by atoms with Crippen LogP contribution in [0, 0.1) is 6.92 Å². The minimum absolute atomic E-state index is 0.199. The molecule has 0 radical (unpaired) electrons. The number of rotatable bonds is 4. The van der Waals surface area contributed by atoms with E-state index in [4.69, 9.17) is 0 Å². The molecule has 6 heteroatoms. The van der Waals surface area contributed by atoms with E-state index >= 15 is 0 Å². The number of nitrogens with one attached hydrogen (secondary N) is 1. The minimum Gasteiger partial charge on any atom is -0.292 e. The van der Waals surface area contributed by atoms with Crippen molar-refractivity contribution >= 4 is 0 Å². The molecule has 1 aromatic rings. The van der Waals surface area contributed by atoms with Crippen LogP contribution >= 0.6 is 0 Å². The van der Waals surface area contributed by atoms with E-state index in [0.717, 1.165) is 11.1 Å². The standard InChI is InChI=1S/C9H11F3N2O/c1-7-2-8(4-13-3-7)5-14-15-6-9(10,11)12/h2-4,14H,5-6H2,1H3. The number of hydroxylamine groups is 1. The Morgan fingerprint density at radius 1 is 1.40 bits per heavy atom. The second-order valence-electron chi connectivity index (χ2n) is 3.10. The van der Waals surface area contributed by atoms with Gasteiger partial charge in [0.15, 0.2) is 6.61 Å². The van der Waals surface area contributed by atoms with Crippen molar-refractivity contribution in [2.45, 2.75) is 19.6 Å². The summed E-state index contributed by atoms with van der Waals surface area (Å²) in [5.41, 5.74) is 3.95. The number of aromatic nitrogens is 1. The van der Waals surface area contributed by atoms with Crippen molar-refractivity contribution in [3.05, 3.63) is 29.6 Å². The van der Waals surface area contributed by atoms with Crippen LogP contribution in [0.1, 0.15) is 11.1 Å². The number of alkyl halides is 3. The molecule has 0 aromatic carbocycles. The molecule has 15 heavy (non-hydrogen) atoms. The second kappa shape index (κ2) is 5.09. The van der Waals surface area contributed by atoms with Crippen LogP contribution in [0.25, 0.3) is 0 Å². The number of nitrogens with zero attached hydrogens (tertiary/aromatic N) is 1. The molecule has 0 saturated carbocycles. The molecular formula is C9H11F3N2O. The minimum atomic E-state index is -4.31. The van der Waals surface area contributed by atoms with Crippen LogP contribution in [0.15, 0.2) is 18.5 Å². The van der Waals surface area contributed by atoms with Gasteiger partial charge in [-0.05, 0) is 18.1 Å². The Balaban J connectivity index is 2.26. The van der Waals surface area contributed by atoms with Crippen molar-refractivity contribution in [1.82, 2.24) is 10.5 Å². The summed E-state index contributed by atoms with van der Waals surface area (Å²) in [6.45, 7) is 0.754. The van der Waals surface area contributed by atoms with Gasteiger partial charge in [-0.15, -0.1) is 0 Å². The maximum atomic E-state index is 11.7. The van der Waals surface area contributed by atoms with Gasteiger partial charge in [-0.1, -0.05) is 6.07 Å². The zero-order chi connectivity index (χ0) is 11.3. The largest absolute Gasteiger partial charge is 0.413 e. The third-order valence-electron chi connectivity index (χ3n) is 1.55. The molecule has 0 aliphatic heterocycles. The molecule has 0 saturated heterocycles. The molecule has 1 heterocycles. The van der Waals surface area contributed by atoms with E-state index in [1.165, 1.54) is 0 Å². The predicted molar refractivity (Wildman–Crippen MR) is 47.8 cm³/mol. The molecule has 84 valence electrons. The summed E-state index contributed by atoms with van der Waals surface area (Å²) in [5, 5.41) is 0. The van der Waals surface area contributed by atoms with Crippen molar-refractivity contribution in [3.63, 3.8) is 0 Å². The van der Waals surface area contributed by atoms with E-state index < -0.39 is 12.8 Å². The Morgan fingerprint density at radius 2 is 2.13 bits per heavy atom. The van der Waals surface area contributed by atoms with E-state index in [9.17, 15) is 13.2 Å². The first-order valence-corrected chi connectivity index (χ1v) is 4.29. The summed E-state index contributed by atoms with van der Waals surface area (Å²) in [7, 11) is 0. The number of hydrogen-bond donors (Lipinski definition) is 1. The lowest BCUT2D eigenvalue weighted by Crippen LogP contribution is -2.24. The summed E-state index contributed by atoms with van der Waals surface area (Å²) >= 11 is 0. The van der Waals surface area contributed by atoms with Gasteiger partial charge < -0.3 is 0 Å². The fraction of sp³-hybridized carbons (Fsp3) is 0.444. The first-order chi connectivity index (χ1) is 6.97. The summed E-state index contributed by atoms with van der Waals surface area (Å²) < 4.78 is 35.0. The fourth-order valence-electron chi connectivity index (χ4n) is 0.981. The predicted octanol–water partition coefficient (Wildman–Crippen LogP) is 1.97. The lowest BCUT2D eigenvalue weighted by Gasteiger charge is -2.08. The zero-order valence-corrected chi connectivity index (χ0v) is 8.14. The third kappa shape index (κ3) is 5.34. The average molecular weight is 220 g/mol. The molecule has 0 atom stereocenters. The van der Waals surface area contributed by atoms with Crippen molar-refractivity contribution in [1.29, 1.82) is 0 Å². The molecule has 0 aliphatic rings. The molecule has 0 aliphatic carbocycles. The topological polar surface area (TPSA) is 34.2 Å². The Hall–Kier alpha value is -1.14. The van der Waals surface area contributed by atoms with Gasteiger partial charge in [-0.3, -0.25) is 9.82 Å². The van der Waals surface area contributed by atoms with E-state index in [0.29, 0.717) is 0 Å². The molecule has 1 N–H and O–H groups in total. The first-order valence-electron chi connectivity index (χ1n) is 4.29. The third-order valence-corrected chi connectivity index (χ3v) is 1.55. The summed E-state index contributed by atoms with van der Waals surface area (Å²) in [6, 6.07) is 1.82. The van der Waals surface area contributed by atoms with E-state index in [-0.39, 0.29) is 6.54 Å². The number of halogens is 3. The van der Waals surface area contributed by atoms with Crippen LogP contribution in [0.4, 0.5) is 13.2 Å². The lowest BCUT2D eigenvalue weighted by atomic mass is 10.2. The van der Waals surface area contributed by atoms with Crippen LogP contribution in [-0.4, -0.2) is 17.8 Å². The highest BCUT2D eigenvalue weighted by molar-refractivity contribution is 5.15. The Kier molecular flexibility index (Phi) is 4.05. The molecular weight excluding hydrogens is 209 g/mol. The summed E-state index contributed by atoms with van der Waals surface area (Å²) in [6.07, 6.45) is -1.07. The van der Waals surface area contributed by atoms with Gasteiger partial charge in [0.1, 0.15) is 0 Å². The maximum Gasteiger partial charge on any atom is 0.413 e. The molecule has 3 nitrogen and oxygen atoms in total. The SMILES string of the molecule is Cc1cncc(CNOCC(F)(F)F)c1. The smallest absolute Gasteiger partial charge is 0.292 e. The number of pyridine rings is 1. The van der Waals surface area contributed by atoms with Gasteiger partial charge in [0.25, 0.3) is 0 Å². The lowest BCUT2D eigenvalue weighted by molar-refractivity contribution is -0.190. The highest BCUT2D eigenvalue weighted by Gasteiger charge is 2.27. The Labute approximate surface area is 85.2 Å². The molecule has 1 aromatic heterocycles. The van der Waals surface area contributed by atoms with Crippen molar-refractivity contribution < 1.29 is 18.0 Å². The van der Waals surface area contributed by atoms with Gasteiger partial charge in [0.05, 0.1) is 0 Å². The molecule has 1 rings (SSSR count). The van der Waals surface area contributed by atoms with Crippen LogP contribution in [-0.2, 0) is 11.4 Å². The number of hydrogen-bond acceptors (Lipinski definition) is 3. The highest BCUT2D eigenvalue weighted by Crippen LogP contribution is 2.13. The van der Waals surface area contributed by atoms with E-state index in [2.05, 4.69) is 15.3 Å². The van der Waals surface area contributed by atoms with E-state index in [1.54, 1.807) is 12.4 Å². The monoisotopic (exact) mass is 220 g/mol. The van der Waals surface area contributed by atoms with Crippen molar-refractivity contribution in [2.75, 3.05) is 6.61 Å². The van der Waals surface area contributed by atoms with Crippen LogP contribution < -0.4 is 5.48 Å². The van der Waals surface area contributed by atoms with E-state index in [1.807, 2.05) is 13.0 Å². The van der Waals surface area contributed by atoms with Crippen LogP contribution in [0.5, 0.6) is 0 Å². The molecule has 0 unspecified atom stereocenters. The van der Waals surface area contributed by atoms with Gasteiger partial charge in [0.2, 0.25) is 0 Å². The van der Waals surface area contributed by atoms with Crippen molar-refractivity contribution in [3.8, 4) is 0 Å². The van der Waals surface area contributed by atoms with Gasteiger partial charge in [0, 0.05) is 18.9 Å². The quantitative estimate of drug-likeness (QED) is 0.622. The van der Waals surface area contributed by atoms with Crippen LogP contribution in [0.2, 0.25) is 0 Å². The molecule has 0 bridgehead atoms. The second-order valence-corrected chi connectivity index (χ2v) is 3.10. The van der Waals surface area contributed by atoms with Crippen LogP contribution in [0.3, 0.4) is 0 Å². The Bertz CT molecular complexity index is 314. The fourth-order valence-corrected chi connectivity index (χ4v) is 0.981. The zero-order valence-electron chi connectivity index (χ0n) is 8.14. The normalized spacial score (nSPS) is 11.7. The maximum absolute atomic E-state index is 11.7. The average Bonchev–Trinajstić information content (AvgIpc) is 2.11. The first kappa shape index (κ1) is 11.9. The van der Waals surface area contributed by atoms with Gasteiger partial charge in [-0.2, -0.15) is 18.7 Å². The van der Waals surface area contributed by atoms with Gasteiger partial charge >= 0.3 is 6.18 Å². The van der Waals surface area contributed by atoms with Gasteiger partial charge in [-0.25, -0.2) is 0 Å². The Morgan fingerprint density at radius 3 is 2.73 bits per heavy atom. The van der Waals surface area contributed by atoms with Crippen molar-refractivity contribution in [2.24, 2.45) is 0 Å². The molecule has 0 fully saturated rings. The molecule has 0 spiro atoms. The highest BCUT2D eigenvalue weighted by atomic mass is 19.4.